The van der Waals surface area contributed by atoms with Crippen molar-refractivity contribution in [3.05, 3.63) is 40.4 Å². The highest BCUT2D eigenvalue weighted by Crippen LogP contribution is 2.30. The lowest BCUT2D eigenvalue weighted by Gasteiger charge is -2.05. The standard InChI is InChI=1S/C13H13NO2S/c1-8-5-4-6-9(2)11(8)12-14-7-10(17-12)13(15)16-3/h4-7H,1-3H3. The van der Waals surface area contributed by atoms with Gasteiger partial charge in [0.05, 0.1) is 13.3 Å². The van der Waals surface area contributed by atoms with Gasteiger partial charge in [-0.15, -0.1) is 11.3 Å². The Hall–Kier alpha value is -1.68. The van der Waals surface area contributed by atoms with Crippen molar-refractivity contribution in [2.75, 3.05) is 7.11 Å². The van der Waals surface area contributed by atoms with Gasteiger partial charge >= 0.3 is 5.97 Å². The number of thiazole rings is 1. The average molecular weight is 247 g/mol. The van der Waals surface area contributed by atoms with Crippen LogP contribution in [0.15, 0.2) is 24.4 Å². The number of rotatable bonds is 2. The Bertz CT molecular complexity index is 540. The topological polar surface area (TPSA) is 39.2 Å². The van der Waals surface area contributed by atoms with Crippen molar-refractivity contribution in [2.24, 2.45) is 0 Å². The molecule has 0 aliphatic rings. The van der Waals surface area contributed by atoms with Crippen LogP contribution < -0.4 is 0 Å². The predicted octanol–water partition coefficient (Wildman–Crippen LogP) is 3.21. The van der Waals surface area contributed by atoms with Crippen molar-refractivity contribution in [3.8, 4) is 10.6 Å². The molecule has 0 saturated carbocycles. The summed E-state index contributed by atoms with van der Waals surface area (Å²) in [6, 6.07) is 6.10. The maximum atomic E-state index is 11.4. The summed E-state index contributed by atoms with van der Waals surface area (Å²) in [7, 11) is 1.38. The Morgan fingerprint density at radius 1 is 1.29 bits per heavy atom. The van der Waals surface area contributed by atoms with Crippen LogP contribution in [0.2, 0.25) is 0 Å². The number of aryl methyl sites for hydroxylation is 2. The van der Waals surface area contributed by atoms with Crippen LogP contribution in [0.3, 0.4) is 0 Å². The Labute approximate surface area is 104 Å². The molecule has 1 aromatic heterocycles. The third kappa shape index (κ3) is 2.22. The molecule has 2 rings (SSSR count). The van der Waals surface area contributed by atoms with E-state index < -0.39 is 0 Å². The molecule has 0 unspecified atom stereocenters. The summed E-state index contributed by atoms with van der Waals surface area (Å²) in [6.07, 6.45) is 1.57. The molecule has 0 saturated heterocycles. The van der Waals surface area contributed by atoms with E-state index in [1.54, 1.807) is 6.20 Å². The minimum atomic E-state index is -0.333. The molecule has 0 atom stereocenters. The summed E-state index contributed by atoms with van der Waals surface area (Å²) < 4.78 is 4.68. The molecule has 1 aromatic carbocycles. The molecular weight excluding hydrogens is 234 g/mol. The largest absolute Gasteiger partial charge is 0.465 e. The number of aromatic nitrogens is 1. The number of nitrogens with zero attached hydrogens (tertiary/aromatic N) is 1. The summed E-state index contributed by atoms with van der Waals surface area (Å²) >= 11 is 1.36. The van der Waals surface area contributed by atoms with E-state index in [0.29, 0.717) is 4.88 Å². The first-order chi connectivity index (χ1) is 8.13. The zero-order valence-electron chi connectivity index (χ0n) is 9.98. The third-order valence-corrected chi connectivity index (χ3v) is 3.58. The molecule has 0 amide bonds. The lowest BCUT2D eigenvalue weighted by atomic mass is 10.0. The van der Waals surface area contributed by atoms with Crippen molar-refractivity contribution in [3.63, 3.8) is 0 Å². The fourth-order valence-electron chi connectivity index (χ4n) is 1.74. The molecule has 0 aliphatic heterocycles. The number of benzene rings is 1. The number of hydrogen-bond donors (Lipinski definition) is 0. The van der Waals surface area contributed by atoms with Crippen LogP contribution in [-0.2, 0) is 4.74 Å². The smallest absolute Gasteiger partial charge is 0.349 e. The predicted molar refractivity (Wildman–Crippen MR) is 68.4 cm³/mol. The van der Waals surface area contributed by atoms with Crippen LogP contribution in [0.25, 0.3) is 10.6 Å². The fraction of sp³-hybridized carbons (Fsp3) is 0.231. The zero-order chi connectivity index (χ0) is 12.4. The van der Waals surface area contributed by atoms with Gasteiger partial charge in [-0.2, -0.15) is 0 Å². The van der Waals surface area contributed by atoms with E-state index in [2.05, 4.69) is 9.72 Å². The number of ether oxygens (including phenoxy) is 1. The highest BCUT2D eigenvalue weighted by Gasteiger charge is 2.14. The molecule has 0 bridgehead atoms. The normalized spacial score (nSPS) is 10.3. The SMILES string of the molecule is COC(=O)c1cnc(-c2c(C)cccc2C)s1. The van der Waals surface area contributed by atoms with E-state index in [9.17, 15) is 4.79 Å². The van der Waals surface area contributed by atoms with Crippen molar-refractivity contribution >= 4 is 17.3 Å². The second-order valence-corrected chi connectivity index (χ2v) is 4.82. The van der Waals surface area contributed by atoms with Gasteiger partial charge in [-0.05, 0) is 25.0 Å². The van der Waals surface area contributed by atoms with Gasteiger partial charge in [-0.1, -0.05) is 18.2 Å². The highest BCUT2D eigenvalue weighted by atomic mass is 32.1. The first-order valence-corrected chi connectivity index (χ1v) is 6.06. The minimum Gasteiger partial charge on any atom is -0.465 e. The van der Waals surface area contributed by atoms with Crippen LogP contribution in [0, 0.1) is 13.8 Å². The Balaban J connectivity index is 2.47. The quantitative estimate of drug-likeness (QED) is 0.765. The summed E-state index contributed by atoms with van der Waals surface area (Å²) in [5, 5.41) is 0.862. The number of carbonyl (C=O) groups is 1. The first-order valence-electron chi connectivity index (χ1n) is 5.24. The van der Waals surface area contributed by atoms with Gasteiger partial charge in [0.2, 0.25) is 0 Å². The Kier molecular flexibility index (Phi) is 3.24. The van der Waals surface area contributed by atoms with Crippen LogP contribution in [0.4, 0.5) is 0 Å². The Morgan fingerprint density at radius 2 is 1.94 bits per heavy atom. The molecule has 88 valence electrons. The van der Waals surface area contributed by atoms with Crippen LogP contribution in [0.1, 0.15) is 20.8 Å². The minimum absolute atomic E-state index is 0.333. The highest BCUT2D eigenvalue weighted by molar-refractivity contribution is 7.16. The van der Waals surface area contributed by atoms with Gasteiger partial charge in [-0.3, -0.25) is 0 Å². The maximum absolute atomic E-state index is 11.4. The molecule has 0 aliphatic carbocycles. The zero-order valence-corrected chi connectivity index (χ0v) is 10.8. The first kappa shape index (κ1) is 11.8. The van der Waals surface area contributed by atoms with E-state index in [-0.39, 0.29) is 5.97 Å². The summed E-state index contributed by atoms with van der Waals surface area (Å²) in [5.74, 6) is -0.333. The van der Waals surface area contributed by atoms with Gasteiger partial charge < -0.3 is 4.74 Å². The third-order valence-electron chi connectivity index (χ3n) is 2.59. The van der Waals surface area contributed by atoms with E-state index in [1.165, 1.54) is 18.4 Å². The van der Waals surface area contributed by atoms with Gasteiger partial charge in [0.15, 0.2) is 0 Å². The van der Waals surface area contributed by atoms with Crippen LogP contribution in [-0.4, -0.2) is 18.1 Å². The molecule has 0 fully saturated rings. The van der Waals surface area contributed by atoms with Crippen molar-refractivity contribution in [2.45, 2.75) is 13.8 Å². The number of methoxy groups -OCH3 is 1. The second kappa shape index (κ2) is 4.67. The van der Waals surface area contributed by atoms with E-state index in [1.807, 2.05) is 32.0 Å². The summed E-state index contributed by atoms with van der Waals surface area (Å²) in [4.78, 5) is 16.2. The van der Waals surface area contributed by atoms with Crippen molar-refractivity contribution in [1.82, 2.24) is 4.98 Å². The van der Waals surface area contributed by atoms with Gasteiger partial charge in [0, 0.05) is 5.56 Å². The maximum Gasteiger partial charge on any atom is 0.349 e. The number of hydrogen-bond acceptors (Lipinski definition) is 4. The van der Waals surface area contributed by atoms with E-state index >= 15 is 0 Å². The van der Waals surface area contributed by atoms with Crippen molar-refractivity contribution in [1.29, 1.82) is 0 Å². The molecule has 17 heavy (non-hydrogen) atoms. The number of carbonyl (C=O) groups excluding carboxylic acids is 1. The number of esters is 1. The summed E-state index contributed by atoms with van der Waals surface area (Å²) in [5.41, 5.74) is 3.43. The molecule has 2 aromatic rings. The molecule has 0 radical (unpaired) electrons. The monoisotopic (exact) mass is 247 g/mol. The molecule has 4 heteroatoms. The molecule has 1 heterocycles. The molecule has 0 spiro atoms. The van der Waals surface area contributed by atoms with E-state index in [4.69, 9.17) is 0 Å². The van der Waals surface area contributed by atoms with Crippen LogP contribution in [0.5, 0.6) is 0 Å². The Morgan fingerprint density at radius 3 is 2.53 bits per heavy atom. The lowest BCUT2D eigenvalue weighted by Crippen LogP contribution is -1.96. The van der Waals surface area contributed by atoms with Gasteiger partial charge in [0.25, 0.3) is 0 Å². The molecular formula is C13H13NO2S. The average Bonchev–Trinajstić information content (AvgIpc) is 2.77. The van der Waals surface area contributed by atoms with Gasteiger partial charge in [0.1, 0.15) is 9.88 Å². The lowest BCUT2D eigenvalue weighted by molar-refractivity contribution is 0.0606. The van der Waals surface area contributed by atoms with Gasteiger partial charge in [-0.25, -0.2) is 9.78 Å². The van der Waals surface area contributed by atoms with E-state index in [0.717, 1.165) is 21.7 Å². The molecule has 3 nitrogen and oxygen atoms in total. The summed E-state index contributed by atoms with van der Waals surface area (Å²) in [6.45, 7) is 4.09. The fourth-order valence-corrected chi connectivity index (χ4v) is 2.75. The second-order valence-electron chi connectivity index (χ2n) is 3.79. The van der Waals surface area contributed by atoms with Crippen molar-refractivity contribution < 1.29 is 9.53 Å². The van der Waals surface area contributed by atoms with Crippen LogP contribution >= 0.6 is 11.3 Å². The molecule has 0 N–H and O–H groups in total.